The van der Waals surface area contributed by atoms with Crippen molar-refractivity contribution in [2.24, 2.45) is 0 Å². The SMILES string of the molecule is CCOCCS(=O)c1cc(Br)ccc1N. The first kappa shape index (κ1) is 12.7. The highest BCUT2D eigenvalue weighted by Crippen LogP contribution is 2.21. The largest absolute Gasteiger partial charge is 0.398 e. The van der Waals surface area contributed by atoms with E-state index in [9.17, 15) is 4.21 Å². The average Bonchev–Trinajstić information content (AvgIpc) is 2.22. The number of halogens is 1. The molecule has 2 N–H and O–H groups in total. The summed E-state index contributed by atoms with van der Waals surface area (Å²) in [6.07, 6.45) is 0. The van der Waals surface area contributed by atoms with Gasteiger partial charge in [0.05, 0.1) is 28.1 Å². The van der Waals surface area contributed by atoms with Crippen molar-refractivity contribution < 1.29 is 8.95 Å². The molecule has 0 saturated heterocycles. The Labute approximate surface area is 101 Å². The molecule has 0 aromatic heterocycles. The lowest BCUT2D eigenvalue weighted by Gasteiger charge is -2.06. The third-order valence-electron chi connectivity index (χ3n) is 1.84. The first-order valence-electron chi connectivity index (χ1n) is 4.66. The van der Waals surface area contributed by atoms with Crippen molar-refractivity contribution in [3.8, 4) is 0 Å². The highest BCUT2D eigenvalue weighted by molar-refractivity contribution is 9.10. The third kappa shape index (κ3) is 3.93. The number of nitrogens with two attached hydrogens (primary N) is 1. The van der Waals surface area contributed by atoms with Gasteiger partial charge in [-0.15, -0.1) is 0 Å². The van der Waals surface area contributed by atoms with Gasteiger partial charge in [0.15, 0.2) is 0 Å². The van der Waals surface area contributed by atoms with Crippen LogP contribution in [0, 0.1) is 0 Å². The molecule has 0 spiro atoms. The molecule has 1 aromatic carbocycles. The first-order chi connectivity index (χ1) is 7.15. The molecule has 0 aliphatic carbocycles. The van der Waals surface area contributed by atoms with E-state index in [1.807, 2.05) is 13.0 Å². The number of nitrogen functional groups attached to an aromatic ring is 1. The third-order valence-corrected chi connectivity index (χ3v) is 3.71. The molecular weight excluding hydrogens is 278 g/mol. The van der Waals surface area contributed by atoms with Gasteiger partial charge in [0, 0.05) is 16.8 Å². The maximum absolute atomic E-state index is 11.8. The number of hydrogen-bond acceptors (Lipinski definition) is 3. The topological polar surface area (TPSA) is 52.3 Å². The van der Waals surface area contributed by atoms with Gasteiger partial charge in [0.1, 0.15) is 0 Å². The van der Waals surface area contributed by atoms with Gasteiger partial charge in [-0.1, -0.05) is 15.9 Å². The van der Waals surface area contributed by atoms with Crippen molar-refractivity contribution in [2.75, 3.05) is 24.7 Å². The molecule has 0 saturated carbocycles. The minimum atomic E-state index is -1.09. The summed E-state index contributed by atoms with van der Waals surface area (Å²) in [5.74, 6) is 0.481. The number of hydrogen-bond donors (Lipinski definition) is 1. The van der Waals surface area contributed by atoms with Gasteiger partial charge in [-0.25, -0.2) is 0 Å². The van der Waals surface area contributed by atoms with Crippen molar-refractivity contribution in [3.05, 3.63) is 22.7 Å². The lowest BCUT2D eigenvalue weighted by atomic mass is 10.3. The minimum Gasteiger partial charge on any atom is -0.398 e. The van der Waals surface area contributed by atoms with Gasteiger partial charge >= 0.3 is 0 Å². The van der Waals surface area contributed by atoms with Gasteiger partial charge in [-0.05, 0) is 25.1 Å². The highest BCUT2D eigenvalue weighted by atomic mass is 79.9. The molecule has 3 nitrogen and oxygen atoms in total. The van der Waals surface area contributed by atoms with E-state index in [1.165, 1.54) is 0 Å². The number of anilines is 1. The molecule has 0 aliphatic heterocycles. The minimum absolute atomic E-state index is 0.481. The Hall–Kier alpha value is -0.390. The second kappa shape index (κ2) is 6.25. The molecule has 0 radical (unpaired) electrons. The molecule has 0 amide bonds. The van der Waals surface area contributed by atoms with Crippen LogP contribution in [0.4, 0.5) is 5.69 Å². The zero-order chi connectivity index (χ0) is 11.3. The Morgan fingerprint density at radius 2 is 2.27 bits per heavy atom. The zero-order valence-electron chi connectivity index (χ0n) is 8.53. The summed E-state index contributed by atoms with van der Waals surface area (Å²) in [4.78, 5) is 0.670. The van der Waals surface area contributed by atoms with Crippen LogP contribution in [-0.4, -0.2) is 23.2 Å². The Kier molecular flexibility index (Phi) is 5.28. The van der Waals surface area contributed by atoms with Gasteiger partial charge in [-0.2, -0.15) is 0 Å². The maximum Gasteiger partial charge on any atom is 0.0629 e. The van der Waals surface area contributed by atoms with Crippen LogP contribution in [0.3, 0.4) is 0 Å². The fourth-order valence-electron chi connectivity index (χ4n) is 1.09. The summed E-state index contributed by atoms with van der Waals surface area (Å²) in [6.45, 7) is 3.05. The number of rotatable bonds is 5. The summed E-state index contributed by atoms with van der Waals surface area (Å²) >= 11 is 3.33. The van der Waals surface area contributed by atoms with Crippen molar-refractivity contribution >= 4 is 32.4 Å². The fraction of sp³-hybridized carbons (Fsp3) is 0.400. The second-order valence-corrected chi connectivity index (χ2v) is 5.38. The van der Waals surface area contributed by atoms with E-state index in [2.05, 4.69) is 15.9 Å². The zero-order valence-corrected chi connectivity index (χ0v) is 10.9. The summed E-state index contributed by atoms with van der Waals surface area (Å²) in [5, 5.41) is 0. The van der Waals surface area contributed by atoms with Gasteiger partial charge in [0.25, 0.3) is 0 Å². The molecule has 0 bridgehead atoms. The molecule has 1 unspecified atom stereocenters. The van der Waals surface area contributed by atoms with Crippen LogP contribution in [0.5, 0.6) is 0 Å². The predicted octanol–water partition coefficient (Wildman–Crippen LogP) is 2.18. The maximum atomic E-state index is 11.8. The average molecular weight is 292 g/mol. The van der Waals surface area contributed by atoms with E-state index >= 15 is 0 Å². The van der Waals surface area contributed by atoms with Gasteiger partial charge in [-0.3, -0.25) is 4.21 Å². The summed E-state index contributed by atoms with van der Waals surface area (Å²) in [7, 11) is -1.09. The van der Waals surface area contributed by atoms with E-state index < -0.39 is 10.8 Å². The normalized spacial score (nSPS) is 12.7. The summed E-state index contributed by atoms with van der Waals surface area (Å²) in [5.41, 5.74) is 6.30. The molecule has 1 aromatic rings. The van der Waals surface area contributed by atoms with Gasteiger partial charge in [0.2, 0.25) is 0 Å². The smallest absolute Gasteiger partial charge is 0.0629 e. The van der Waals surface area contributed by atoms with E-state index in [4.69, 9.17) is 10.5 Å². The lowest BCUT2D eigenvalue weighted by molar-refractivity contribution is 0.164. The number of benzene rings is 1. The quantitative estimate of drug-likeness (QED) is 0.668. The molecule has 1 atom stereocenters. The fourth-order valence-corrected chi connectivity index (χ4v) is 2.69. The molecule has 15 heavy (non-hydrogen) atoms. The van der Waals surface area contributed by atoms with Crippen LogP contribution >= 0.6 is 15.9 Å². The van der Waals surface area contributed by atoms with Crippen molar-refractivity contribution in [3.63, 3.8) is 0 Å². The Morgan fingerprint density at radius 3 is 2.93 bits per heavy atom. The van der Waals surface area contributed by atoms with Crippen LogP contribution in [0.1, 0.15) is 6.92 Å². The van der Waals surface area contributed by atoms with E-state index in [-0.39, 0.29) is 0 Å². The van der Waals surface area contributed by atoms with Crippen LogP contribution < -0.4 is 5.73 Å². The summed E-state index contributed by atoms with van der Waals surface area (Å²) < 4.78 is 17.9. The first-order valence-corrected chi connectivity index (χ1v) is 6.77. The standard InChI is InChI=1S/C10H14BrNO2S/c1-2-14-5-6-15(13)10-7-8(11)3-4-9(10)12/h3-4,7H,2,5-6,12H2,1H3. The molecule has 0 fully saturated rings. The molecule has 5 heteroatoms. The molecule has 84 valence electrons. The predicted molar refractivity (Wildman–Crippen MR) is 66.3 cm³/mol. The van der Waals surface area contributed by atoms with E-state index in [0.29, 0.717) is 29.5 Å². The van der Waals surface area contributed by atoms with Crippen LogP contribution in [0.15, 0.2) is 27.6 Å². The second-order valence-electron chi connectivity index (χ2n) is 2.93. The van der Waals surface area contributed by atoms with Crippen LogP contribution in [0.25, 0.3) is 0 Å². The Balaban J connectivity index is 2.68. The molecule has 1 rings (SSSR count). The molecule has 0 aliphatic rings. The summed E-state index contributed by atoms with van der Waals surface area (Å²) in [6, 6.07) is 5.37. The lowest BCUT2D eigenvalue weighted by Crippen LogP contribution is -2.08. The highest BCUT2D eigenvalue weighted by Gasteiger charge is 2.08. The number of ether oxygens (including phenoxy) is 1. The van der Waals surface area contributed by atoms with E-state index in [1.54, 1.807) is 12.1 Å². The Morgan fingerprint density at radius 1 is 1.53 bits per heavy atom. The van der Waals surface area contributed by atoms with Crippen molar-refractivity contribution in [2.45, 2.75) is 11.8 Å². The van der Waals surface area contributed by atoms with Crippen molar-refractivity contribution in [1.82, 2.24) is 0 Å². The van der Waals surface area contributed by atoms with Gasteiger partial charge < -0.3 is 10.5 Å². The van der Waals surface area contributed by atoms with Crippen LogP contribution in [-0.2, 0) is 15.5 Å². The monoisotopic (exact) mass is 291 g/mol. The van der Waals surface area contributed by atoms with Crippen LogP contribution in [0.2, 0.25) is 0 Å². The van der Waals surface area contributed by atoms with E-state index in [0.717, 1.165) is 4.47 Å². The van der Waals surface area contributed by atoms with Crippen molar-refractivity contribution in [1.29, 1.82) is 0 Å². The molecular formula is C10H14BrNO2S. The molecule has 0 heterocycles. The Bertz CT molecular complexity index is 357.